The lowest BCUT2D eigenvalue weighted by Gasteiger charge is -2.25. The summed E-state index contributed by atoms with van der Waals surface area (Å²) in [7, 11) is 0. The minimum Gasteiger partial charge on any atom is -0.487 e. The van der Waals surface area contributed by atoms with Gasteiger partial charge in [-0.1, -0.05) is 19.4 Å². The van der Waals surface area contributed by atoms with Gasteiger partial charge in [-0.05, 0) is 50.6 Å². The SMILES string of the molecule is CCCCNCCc1ccc2c(c1)NCC(C)O2. The average molecular weight is 248 g/mol. The molecule has 0 saturated heterocycles. The Bertz CT molecular complexity index is 379. The molecular formula is C15H24N2O. The van der Waals surface area contributed by atoms with Gasteiger partial charge in [-0.15, -0.1) is 0 Å². The van der Waals surface area contributed by atoms with Crippen LogP contribution in [0.3, 0.4) is 0 Å². The van der Waals surface area contributed by atoms with Gasteiger partial charge in [0.2, 0.25) is 0 Å². The first-order valence-corrected chi connectivity index (χ1v) is 7.03. The topological polar surface area (TPSA) is 33.3 Å². The van der Waals surface area contributed by atoms with Crippen LogP contribution in [-0.2, 0) is 6.42 Å². The number of hydrogen-bond acceptors (Lipinski definition) is 3. The first-order valence-electron chi connectivity index (χ1n) is 7.03. The fourth-order valence-electron chi connectivity index (χ4n) is 2.15. The van der Waals surface area contributed by atoms with Gasteiger partial charge in [0.1, 0.15) is 11.9 Å². The van der Waals surface area contributed by atoms with E-state index in [0.29, 0.717) is 0 Å². The van der Waals surface area contributed by atoms with Crippen LogP contribution in [0.15, 0.2) is 18.2 Å². The zero-order valence-corrected chi connectivity index (χ0v) is 11.5. The summed E-state index contributed by atoms with van der Waals surface area (Å²) in [5, 5.41) is 6.89. The zero-order valence-electron chi connectivity index (χ0n) is 11.5. The molecule has 1 aromatic rings. The molecule has 3 nitrogen and oxygen atoms in total. The van der Waals surface area contributed by atoms with E-state index in [0.717, 1.165) is 37.5 Å². The summed E-state index contributed by atoms with van der Waals surface area (Å²) in [6.07, 6.45) is 3.86. The van der Waals surface area contributed by atoms with Crippen molar-refractivity contribution in [3.05, 3.63) is 23.8 Å². The first kappa shape index (κ1) is 13.2. The van der Waals surface area contributed by atoms with E-state index in [-0.39, 0.29) is 6.10 Å². The summed E-state index contributed by atoms with van der Waals surface area (Å²) in [5.74, 6) is 0.983. The molecule has 1 aromatic carbocycles. The normalized spacial score (nSPS) is 17.8. The van der Waals surface area contributed by atoms with Gasteiger partial charge >= 0.3 is 0 Å². The minimum absolute atomic E-state index is 0.263. The van der Waals surface area contributed by atoms with Crippen LogP contribution >= 0.6 is 0 Å². The molecule has 0 aliphatic carbocycles. The predicted octanol–water partition coefficient (Wildman–Crippen LogP) is 2.81. The molecule has 100 valence electrons. The van der Waals surface area contributed by atoms with E-state index in [1.165, 1.54) is 18.4 Å². The van der Waals surface area contributed by atoms with Gasteiger partial charge < -0.3 is 15.4 Å². The molecule has 1 atom stereocenters. The van der Waals surface area contributed by atoms with E-state index in [2.05, 4.69) is 42.7 Å². The Labute approximate surface area is 110 Å². The molecular weight excluding hydrogens is 224 g/mol. The van der Waals surface area contributed by atoms with Gasteiger partial charge in [-0.2, -0.15) is 0 Å². The number of rotatable bonds is 6. The fourth-order valence-corrected chi connectivity index (χ4v) is 2.15. The lowest BCUT2D eigenvalue weighted by atomic mass is 10.1. The zero-order chi connectivity index (χ0) is 12.8. The maximum absolute atomic E-state index is 5.77. The highest BCUT2D eigenvalue weighted by atomic mass is 16.5. The van der Waals surface area contributed by atoms with Crippen molar-refractivity contribution in [2.24, 2.45) is 0 Å². The van der Waals surface area contributed by atoms with Crippen molar-refractivity contribution in [1.82, 2.24) is 5.32 Å². The molecule has 0 radical (unpaired) electrons. The average Bonchev–Trinajstić information content (AvgIpc) is 2.38. The Kier molecular flexibility index (Phi) is 4.88. The molecule has 0 fully saturated rings. The second kappa shape index (κ2) is 6.64. The molecule has 1 heterocycles. The van der Waals surface area contributed by atoms with Crippen LogP contribution < -0.4 is 15.4 Å². The fraction of sp³-hybridized carbons (Fsp3) is 0.600. The van der Waals surface area contributed by atoms with Gasteiger partial charge in [-0.25, -0.2) is 0 Å². The van der Waals surface area contributed by atoms with Crippen molar-refractivity contribution in [2.75, 3.05) is 25.0 Å². The number of hydrogen-bond donors (Lipinski definition) is 2. The standard InChI is InChI=1S/C15H24N2O/c1-3-4-8-16-9-7-13-5-6-15-14(10-13)17-11-12(2)18-15/h5-6,10,12,16-17H,3-4,7-9,11H2,1-2H3. The number of nitrogens with one attached hydrogen (secondary N) is 2. The Morgan fingerprint density at radius 3 is 3.11 bits per heavy atom. The third kappa shape index (κ3) is 3.64. The Morgan fingerprint density at radius 2 is 2.28 bits per heavy atom. The lowest BCUT2D eigenvalue weighted by Crippen LogP contribution is -2.27. The molecule has 0 spiro atoms. The lowest BCUT2D eigenvalue weighted by molar-refractivity contribution is 0.226. The molecule has 0 saturated carbocycles. The molecule has 0 amide bonds. The highest BCUT2D eigenvalue weighted by molar-refractivity contribution is 5.59. The van der Waals surface area contributed by atoms with Crippen LogP contribution in [0.5, 0.6) is 5.75 Å². The summed E-state index contributed by atoms with van der Waals surface area (Å²) in [6.45, 7) is 7.38. The Morgan fingerprint density at radius 1 is 1.39 bits per heavy atom. The highest BCUT2D eigenvalue weighted by Gasteiger charge is 2.14. The van der Waals surface area contributed by atoms with Gasteiger partial charge in [0.15, 0.2) is 0 Å². The minimum atomic E-state index is 0.263. The van der Waals surface area contributed by atoms with Crippen LogP contribution in [-0.4, -0.2) is 25.7 Å². The summed E-state index contributed by atoms with van der Waals surface area (Å²) < 4.78 is 5.77. The molecule has 2 N–H and O–H groups in total. The van der Waals surface area contributed by atoms with E-state index in [9.17, 15) is 0 Å². The summed E-state index contributed by atoms with van der Waals surface area (Å²) in [5.41, 5.74) is 2.50. The second-order valence-corrected chi connectivity index (χ2v) is 4.99. The van der Waals surface area contributed by atoms with Gasteiger partial charge in [0.05, 0.1) is 12.2 Å². The number of benzene rings is 1. The summed E-state index contributed by atoms with van der Waals surface area (Å²) >= 11 is 0. The smallest absolute Gasteiger partial charge is 0.142 e. The molecule has 2 rings (SSSR count). The molecule has 18 heavy (non-hydrogen) atoms. The molecule has 0 bridgehead atoms. The first-order chi connectivity index (χ1) is 8.79. The van der Waals surface area contributed by atoms with Crippen LogP contribution in [0.4, 0.5) is 5.69 Å². The third-order valence-electron chi connectivity index (χ3n) is 3.25. The van der Waals surface area contributed by atoms with Gasteiger partial charge in [-0.3, -0.25) is 0 Å². The molecule has 0 aromatic heterocycles. The van der Waals surface area contributed by atoms with Crippen molar-refractivity contribution in [3.8, 4) is 5.75 Å². The second-order valence-electron chi connectivity index (χ2n) is 4.99. The number of unbranched alkanes of at least 4 members (excludes halogenated alkanes) is 1. The van der Waals surface area contributed by atoms with Crippen molar-refractivity contribution >= 4 is 5.69 Å². The van der Waals surface area contributed by atoms with Crippen molar-refractivity contribution in [2.45, 2.75) is 39.2 Å². The van der Waals surface area contributed by atoms with Crippen molar-refractivity contribution < 1.29 is 4.74 Å². The van der Waals surface area contributed by atoms with E-state index in [4.69, 9.17) is 4.74 Å². The van der Waals surface area contributed by atoms with Gasteiger partial charge in [0.25, 0.3) is 0 Å². The molecule has 1 unspecified atom stereocenters. The van der Waals surface area contributed by atoms with Crippen LogP contribution in [0.1, 0.15) is 32.3 Å². The summed E-state index contributed by atoms with van der Waals surface area (Å²) in [4.78, 5) is 0. The predicted molar refractivity (Wildman–Crippen MR) is 76.5 cm³/mol. The summed E-state index contributed by atoms with van der Waals surface area (Å²) in [6, 6.07) is 6.46. The van der Waals surface area contributed by atoms with E-state index in [1.54, 1.807) is 0 Å². The highest BCUT2D eigenvalue weighted by Crippen LogP contribution is 2.29. The monoisotopic (exact) mass is 248 g/mol. The van der Waals surface area contributed by atoms with E-state index < -0.39 is 0 Å². The third-order valence-corrected chi connectivity index (χ3v) is 3.25. The van der Waals surface area contributed by atoms with E-state index in [1.807, 2.05) is 0 Å². The maximum atomic E-state index is 5.77. The van der Waals surface area contributed by atoms with Crippen LogP contribution in [0, 0.1) is 0 Å². The molecule has 1 aliphatic heterocycles. The quantitative estimate of drug-likeness (QED) is 0.760. The van der Waals surface area contributed by atoms with E-state index >= 15 is 0 Å². The van der Waals surface area contributed by atoms with Crippen LogP contribution in [0.2, 0.25) is 0 Å². The van der Waals surface area contributed by atoms with Crippen LogP contribution in [0.25, 0.3) is 0 Å². The van der Waals surface area contributed by atoms with Crippen molar-refractivity contribution in [3.63, 3.8) is 0 Å². The molecule has 1 aliphatic rings. The van der Waals surface area contributed by atoms with Crippen molar-refractivity contribution in [1.29, 1.82) is 0 Å². The Hall–Kier alpha value is -1.22. The number of anilines is 1. The largest absolute Gasteiger partial charge is 0.487 e. The van der Waals surface area contributed by atoms with Gasteiger partial charge in [0, 0.05) is 0 Å². The Balaban J connectivity index is 1.83. The molecule has 3 heteroatoms. The maximum Gasteiger partial charge on any atom is 0.142 e. The number of fused-ring (bicyclic) bond motifs is 1. The number of ether oxygens (including phenoxy) is 1.